The molecule has 4 nitrogen and oxygen atoms in total. The number of nitrogens with two attached hydrogens (primary N) is 1. The minimum absolute atomic E-state index is 0.173. The third-order valence-electron chi connectivity index (χ3n) is 2.80. The van der Waals surface area contributed by atoms with Crippen LogP contribution in [-0.4, -0.2) is 17.4 Å². The number of aromatic nitrogens is 1. The number of benzene rings is 1. The van der Waals surface area contributed by atoms with Crippen molar-refractivity contribution in [2.75, 3.05) is 12.3 Å². The van der Waals surface area contributed by atoms with Gasteiger partial charge in [-0.1, -0.05) is 29.8 Å². The smallest absolute Gasteiger partial charge is 0.269 e. The van der Waals surface area contributed by atoms with E-state index in [1.807, 2.05) is 6.07 Å². The van der Waals surface area contributed by atoms with Gasteiger partial charge in [-0.2, -0.15) is 0 Å². The van der Waals surface area contributed by atoms with Crippen molar-refractivity contribution in [3.05, 3.63) is 59.4 Å². The Bertz CT molecular complexity index is 564. The van der Waals surface area contributed by atoms with Crippen LogP contribution in [0, 0.1) is 6.92 Å². The summed E-state index contributed by atoms with van der Waals surface area (Å²) in [6.45, 7) is 2.65. The van der Waals surface area contributed by atoms with E-state index in [0.717, 1.165) is 6.42 Å². The summed E-state index contributed by atoms with van der Waals surface area (Å²) in [5.74, 6) is -0.173. The molecule has 3 N–H and O–H groups in total. The Balaban J connectivity index is 1.86. The monoisotopic (exact) mass is 255 g/mol. The van der Waals surface area contributed by atoms with Crippen LogP contribution in [-0.2, 0) is 6.42 Å². The van der Waals surface area contributed by atoms with Gasteiger partial charge in [0.1, 0.15) is 5.69 Å². The number of nitrogens with zero attached hydrogens (tertiary/aromatic N) is 1. The molecular formula is C15H17N3O. The second-order valence-electron chi connectivity index (χ2n) is 4.47. The van der Waals surface area contributed by atoms with Gasteiger partial charge in [0, 0.05) is 6.54 Å². The first-order chi connectivity index (χ1) is 9.15. The van der Waals surface area contributed by atoms with Gasteiger partial charge < -0.3 is 11.1 Å². The average Bonchev–Trinajstić information content (AvgIpc) is 2.39. The summed E-state index contributed by atoms with van der Waals surface area (Å²) >= 11 is 0. The molecule has 0 bridgehead atoms. The maximum atomic E-state index is 11.8. The molecule has 0 spiro atoms. The number of hydrogen-bond acceptors (Lipinski definition) is 3. The SMILES string of the molecule is Cc1cccc(CCNC(=O)c2ccc(N)cn2)c1. The normalized spacial score (nSPS) is 10.2. The van der Waals surface area contributed by atoms with Crippen LogP contribution in [0.1, 0.15) is 21.6 Å². The van der Waals surface area contributed by atoms with Gasteiger partial charge >= 0.3 is 0 Å². The Kier molecular flexibility index (Phi) is 4.13. The van der Waals surface area contributed by atoms with Crippen LogP contribution in [0.2, 0.25) is 0 Å². The molecule has 1 amide bonds. The molecule has 2 aromatic rings. The van der Waals surface area contributed by atoms with Gasteiger partial charge in [0.05, 0.1) is 11.9 Å². The van der Waals surface area contributed by atoms with Crippen LogP contribution in [0.4, 0.5) is 5.69 Å². The Morgan fingerprint density at radius 3 is 2.84 bits per heavy atom. The molecule has 1 aromatic carbocycles. The van der Waals surface area contributed by atoms with Crippen LogP contribution in [0.15, 0.2) is 42.6 Å². The van der Waals surface area contributed by atoms with Crippen LogP contribution < -0.4 is 11.1 Å². The van der Waals surface area contributed by atoms with Gasteiger partial charge in [0.25, 0.3) is 5.91 Å². The number of rotatable bonds is 4. The quantitative estimate of drug-likeness (QED) is 0.877. The Morgan fingerprint density at radius 1 is 1.32 bits per heavy atom. The highest BCUT2D eigenvalue weighted by Gasteiger charge is 2.05. The highest BCUT2D eigenvalue weighted by molar-refractivity contribution is 5.92. The summed E-state index contributed by atoms with van der Waals surface area (Å²) in [6.07, 6.45) is 2.29. The predicted octanol–water partition coefficient (Wildman–Crippen LogP) is 1.94. The van der Waals surface area contributed by atoms with Crippen molar-refractivity contribution in [2.24, 2.45) is 0 Å². The van der Waals surface area contributed by atoms with E-state index in [9.17, 15) is 4.79 Å². The summed E-state index contributed by atoms with van der Waals surface area (Å²) in [6, 6.07) is 11.5. The minimum atomic E-state index is -0.173. The largest absolute Gasteiger partial charge is 0.397 e. The highest BCUT2D eigenvalue weighted by Crippen LogP contribution is 2.04. The van der Waals surface area contributed by atoms with Crippen molar-refractivity contribution in [2.45, 2.75) is 13.3 Å². The number of carbonyl (C=O) groups is 1. The Hall–Kier alpha value is -2.36. The molecule has 0 fully saturated rings. The van der Waals surface area contributed by atoms with Gasteiger partial charge in [-0.25, -0.2) is 4.98 Å². The Labute approximate surface area is 112 Å². The lowest BCUT2D eigenvalue weighted by Crippen LogP contribution is -2.26. The number of amides is 1. The molecule has 0 saturated heterocycles. The molecule has 0 aliphatic rings. The fraction of sp³-hybridized carbons (Fsp3) is 0.200. The predicted molar refractivity (Wildman–Crippen MR) is 75.9 cm³/mol. The first-order valence-corrected chi connectivity index (χ1v) is 6.20. The van der Waals surface area contributed by atoms with E-state index >= 15 is 0 Å². The molecular weight excluding hydrogens is 238 g/mol. The molecule has 0 aliphatic heterocycles. The van der Waals surface area contributed by atoms with E-state index in [1.165, 1.54) is 17.3 Å². The lowest BCUT2D eigenvalue weighted by Gasteiger charge is -2.05. The van der Waals surface area contributed by atoms with E-state index in [1.54, 1.807) is 12.1 Å². The molecule has 1 heterocycles. The van der Waals surface area contributed by atoms with Gasteiger partial charge in [0.2, 0.25) is 0 Å². The van der Waals surface area contributed by atoms with E-state index in [4.69, 9.17) is 5.73 Å². The lowest BCUT2D eigenvalue weighted by molar-refractivity contribution is 0.0949. The summed E-state index contributed by atoms with van der Waals surface area (Å²) in [5, 5.41) is 2.84. The molecule has 4 heteroatoms. The summed E-state index contributed by atoms with van der Waals surface area (Å²) in [4.78, 5) is 15.8. The molecule has 2 rings (SSSR count). The van der Waals surface area contributed by atoms with E-state index < -0.39 is 0 Å². The lowest BCUT2D eigenvalue weighted by atomic mass is 10.1. The molecule has 0 radical (unpaired) electrons. The third kappa shape index (κ3) is 3.81. The zero-order valence-corrected chi connectivity index (χ0v) is 10.9. The number of nitrogen functional groups attached to an aromatic ring is 1. The topological polar surface area (TPSA) is 68.0 Å². The summed E-state index contributed by atoms with van der Waals surface area (Å²) in [5.41, 5.74) is 8.90. The third-order valence-corrected chi connectivity index (χ3v) is 2.80. The van der Waals surface area contributed by atoms with Gasteiger partial charge in [0.15, 0.2) is 0 Å². The number of anilines is 1. The average molecular weight is 255 g/mol. The van der Waals surface area contributed by atoms with E-state index in [2.05, 4.69) is 35.4 Å². The van der Waals surface area contributed by atoms with Crippen LogP contribution in [0.25, 0.3) is 0 Å². The van der Waals surface area contributed by atoms with Gasteiger partial charge in [-0.15, -0.1) is 0 Å². The zero-order valence-electron chi connectivity index (χ0n) is 10.9. The van der Waals surface area contributed by atoms with Crippen molar-refractivity contribution in [3.8, 4) is 0 Å². The van der Waals surface area contributed by atoms with Crippen molar-refractivity contribution < 1.29 is 4.79 Å². The molecule has 0 atom stereocenters. The number of carbonyl (C=O) groups excluding carboxylic acids is 1. The van der Waals surface area contributed by atoms with Crippen LogP contribution in [0.3, 0.4) is 0 Å². The standard InChI is InChI=1S/C15H17N3O/c1-11-3-2-4-12(9-11)7-8-17-15(19)14-6-5-13(16)10-18-14/h2-6,9-10H,7-8,16H2,1H3,(H,17,19). The first-order valence-electron chi connectivity index (χ1n) is 6.20. The fourth-order valence-corrected chi connectivity index (χ4v) is 1.82. The fourth-order valence-electron chi connectivity index (χ4n) is 1.82. The molecule has 1 aromatic heterocycles. The zero-order chi connectivity index (χ0) is 13.7. The number of hydrogen-bond donors (Lipinski definition) is 2. The Morgan fingerprint density at radius 2 is 2.16 bits per heavy atom. The molecule has 0 saturated carbocycles. The number of aryl methyl sites for hydroxylation is 1. The summed E-state index contributed by atoms with van der Waals surface area (Å²) < 4.78 is 0. The van der Waals surface area contributed by atoms with Crippen LogP contribution >= 0.6 is 0 Å². The van der Waals surface area contributed by atoms with Crippen molar-refractivity contribution in [1.29, 1.82) is 0 Å². The molecule has 0 unspecified atom stereocenters. The van der Waals surface area contributed by atoms with Crippen LogP contribution in [0.5, 0.6) is 0 Å². The number of pyridine rings is 1. The highest BCUT2D eigenvalue weighted by atomic mass is 16.1. The van der Waals surface area contributed by atoms with E-state index in [-0.39, 0.29) is 5.91 Å². The molecule has 0 aliphatic carbocycles. The minimum Gasteiger partial charge on any atom is -0.397 e. The molecule has 19 heavy (non-hydrogen) atoms. The van der Waals surface area contributed by atoms with E-state index in [0.29, 0.717) is 17.9 Å². The van der Waals surface area contributed by atoms with Crippen molar-refractivity contribution >= 4 is 11.6 Å². The van der Waals surface area contributed by atoms with Crippen molar-refractivity contribution in [1.82, 2.24) is 10.3 Å². The number of nitrogens with one attached hydrogen (secondary N) is 1. The van der Waals surface area contributed by atoms with Crippen molar-refractivity contribution in [3.63, 3.8) is 0 Å². The first kappa shape index (κ1) is 13.1. The molecule has 98 valence electrons. The summed E-state index contributed by atoms with van der Waals surface area (Å²) in [7, 11) is 0. The maximum absolute atomic E-state index is 11.8. The second-order valence-corrected chi connectivity index (χ2v) is 4.47. The van der Waals surface area contributed by atoms with Gasteiger partial charge in [-0.05, 0) is 31.0 Å². The maximum Gasteiger partial charge on any atom is 0.269 e. The van der Waals surface area contributed by atoms with Gasteiger partial charge in [-0.3, -0.25) is 4.79 Å². The second kappa shape index (κ2) is 6.00.